The number of hydrogen-bond donors (Lipinski definition) is 2. The number of Topliss-reactive ketones (excluding diaryl/α,β-unsaturated/α-hetero) is 1. The molecule has 0 saturated carbocycles. The lowest BCUT2D eigenvalue weighted by Gasteiger charge is -1.99. The van der Waals surface area contributed by atoms with Crippen LogP contribution in [0.5, 0.6) is 0 Å². The Labute approximate surface area is 159 Å². The number of carbonyl (C=O) groups excluding carboxylic acids is 2. The summed E-state index contributed by atoms with van der Waals surface area (Å²) in [7, 11) is 0. The van der Waals surface area contributed by atoms with Crippen molar-refractivity contribution in [1.82, 2.24) is 15.5 Å². The normalized spacial score (nSPS) is 10.6. The highest BCUT2D eigenvalue weighted by molar-refractivity contribution is 8.01. The van der Waals surface area contributed by atoms with Crippen molar-refractivity contribution >= 4 is 51.3 Å². The number of rotatable bonds is 11. The molecule has 2 heterocycles. The van der Waals surface area contributed by atoms with Crippen molar-refractivity contribution in [2.24, 2.45) is 0 Å². The molecular formula is C16H22N4O2S3. The lowest BCUT2D eigenvalue weighted by Crippen LogP contribution is -2.22. The van der Waals surface area contributed by atoms with Crippen LogP contribution in [0.15, 0.2) is 16.5 Å². The monoisotopic (exact) mass is 398 g/mol. The number of thiophene rings is 1. The average Bonchev–Trinajstić information content (AvgIpc) is 3.22. The number of nitrogens with zero attached hydrogens (tertiary/aromatic N) is 2. The summed E-state index contributed by atoms with van der Waals surface area (Å²) in [6, 6.07) is 3.81. The van der Waals surface area contributed by atoms with Crippen LogP contribution in [0.2, 0.25) is 0 Å². The second-order valence-corrected chi connectivity index (χ2v) is 8.73. The van der Waals surface area contributed by atoms with E-state index in [9.17, 15) is 9.59 Å². The van der Waals surface area contributed by atoms with Crippen molar-refractivity contribution in [3.8, 4) is 0 Å². The van der Waals surface area contributed by atoms with Crippen LogP contribution in [0, 0.1) is 0 Å². The van der Waals surface area contributed by atoms with Crippen LogP contribution in [0.3, 0.4) is 0 Å². The molecule has 2 rings (SSSR count). The SMILES string of the molecule is CCCCNc1nnc(SCC(=O)c2ccc(CCNC(C)=O)s2)s1. The first kappa shape index (κ1) is 19.9. The summed E-state index contributed by atoms with van der Waals surface area (Å²) in [6.07, 6.45) is 2.98. The Morgan fingerprint density at radius 3 is 2.80 bits per heavy atom. The van der Waals surface area contributed by atoms with Gasteiger partial charge in [-0.1, -0.05) is 36.4 Å². The summed E-state index contributed by atoms with van der Waals surface area (Å²) >= 11 is 4.39. The van der Waals surface area contributed by atoms with E-state index < -0.39 is 0 Å². The maximum absolute atomic E-state index is 12.3. The number of amides is 1. The van der Waals surface area contributed by atoms with Crippen molar-refractivity contribution in [3.05, 3.63) is 21.9 Å². The van der Waals surface area contributed by atoms with Gasteiger partial charge in [-0.3, -0.25) is 9.59 Å². The molecule has 136 valence electrons. The van der Waals surface area contributed by atoms with Crippen LogP contribution in [0.4, 0.5) is 5.13 Å². The third kappa shape index (κ3) is 7.13. The molecule has 0 aromatic carbocycles. The van der Waals surface area contributed by atoms with Crippen LogP contribution >= 0.6 is 34.4 Å². The third-order valence-corrected chi connectivity index (χ3v) is 6.42. The van der Waals surface area contributed by atoms with E-state index in [4.69, 9.17) is 0 Å². The molecule has 0 spiro atoms. The van der Waals surface area contributed by atoms with Crippen molar-refractivity contribution < 1.29 is 9.59 Å². The Morgan fingerprint density at radius 1 is 1.20 bits per heavy atom. The smallest absolute Gasteiger partial charge is 0.216 e. The van der Waals surface area contributed by atoms with Crippen molar-refractivity contribution in [1.29, 1.82) is 0 Å². The molecule has 0 aliphatic heterocycles. The van der Waals surface area contributed by atoms with E-state index in [1.807, 2.05) is 12.1 Å². The minimum absolute atomic E-state index is 0.0372. The van der Waals surface area contributed by atoms with E-state index in [-0.39, 0.29) is 11.7 Å². The van der Waals surface area contributed by atoms with Gasteiger partial charge >= 0.3 is 0 Å². The predicted molar refractivity (Wildman–Crippen MR) is 105 cm³/mol. The first-order valence-corrected chi connectivity index (χ1v) is 10.8. The molecule has 0 atom stereocenters. The number of ketones is 1. The molecule has 25 heavy (non-hydrogen) atoms. The van der Waals surface area contributed by atoms with Crippen molar-refractivity contribution in [2.75, 3.05) is 24.2 Å². The van der Waals surface area contributed by atoms with Gasteiger partial charge < -0.3 is 10.6 Å². The Morgan fingerprint density at radius 2 is 2.04 bits per heavy atom. The zero-order valence-corrected chi connectivity index (χ0v) is 16.8. The second kappa shape index (κ2) is 10.5. The molecule has 9 heteroatoms. The zero-order chi connectivity index (χ0) is 18.1. The lowest BCUT2D eigenvalue weighted by atomic mass is 10.3. The second-order valence-electron chi connectivity index (χ2n) is 5.36. The van der Waals surface area contributed by atoms with Gasteiger partial charge in [-0.05, 0) is 25.0 Å². The van der Waals surface area contributed by atoms with Gasteiger partial charge in [-0.25, -0.2) is 0 Å². The number of aromatic nitrogens is 2. The van der Waals surface area contributed by atoms with E-state index in [0.29, 0.717) is 12.3 Å². The largest absolute Gasteiger partial charge is 0.360 e. The summed E-state index contributed by atoms with van der Waals surface area (Å²) in [6.45, 7) is 5.13. The molecule has 0 saturated heterocycles. The Kier molecular flexibility index (Phi) is 8.36. The summed E-state index contributed by atoms with van der Waals surface area (Å²) < 4.78 is 0.801. The number of thioether (sulfide) groups is 1. The molecule has 0 aliphatic carbocycles. The number of carbonyl (C=O) groups is 2. The fourth-order valence-corrected chi connectivity index (χ4v) is 4.63. The van der Waals surface area contributed by atoms with E-state index >= 15 is 0 Å². The highest BCUT2D eigenvalue weighted by Crippen LogP contribution is 2.27. The van der Waals surface area contributed by atoms with Gasteiger partial charge in [0.05, 0.1) is 10.6 Å². The Bertz CT molecular complexity index is 699. The molecule has 0 unspecified atom stereocenters. The van der Waals surface area contributed by atoms with E-state index in [0.717, 1.165) is 45.0 Å². The quantitative estimate of drug-likeness (QED) is 0.343. The Balaban J connectivity index is 1.76. The first-order valence-electron chi connectivity index (χ1n) is 8.15. The van der Waals surface area contributed by atoms with Crippen LogP contribution in [-0.2, 0) is 11.2 Å². The molecular weight excluding hydrogens is 376 g/mol. The molecule has 0 radical (unpaired) electrons. The fourth-order valence-electron chi connectivity index (χ4n) is 1.93. The maximum Gasteiger partial charge on any atom is 0.216 e. The van der Waals surface area contributed by atoms with Gasteiger partial charge in [0.1, 0.15) is 0 Å². The highest BCUT2D eigenvalue weighted by Gasteiger charge is 2.12. The third-order valence-electron chi connectivity index (χ3n) is 3.22. The van der Waals surface area contributed by atoms with Gasteiger partial charge in [-0.15, -0.1) is 21.5 Å². The van der Waals surface area contributed by atoms with Gasteiger partial charge in [0, 0.05) is 24.9 Å². The molecule has 2 N–H and O–H groups in total. The molecule has 0 aliphatic rings. The molecule has 0 bridgehead atoms. The van der Waals surface area contributed by atoms with Crippen LogP contribution in [0.25, 0.3) is 0 Å². The average molecular weight is 399 g/mol. The van der Waals surface area contributed by atoms with Crippen molar-refractivity contribution in [3.63, 3.8) is 0 Å². The molecule has 2 aromatic heterocycles. The van der Waals surface area contributed by atoms with E-state index in [1.165, 1.54) is 41.4 Å². The van der Waals surface area contributed by atoms with E-state index in [1.54, 1.807) is 0 Å². The fraction of sp³-hybridized carbons (Fsp3) is 0.500. The minimum Gasteiger partial charge on any atom is -0.360 e. The van der Waals surface area contributed by atoms with Gasteiger partial charge in [0.2, 0.25) is 11.0 Å². The van der Waals surface area contributed by atoms with Gasteiger partial charge in [0.25, 0.3) is 0 Å². The minimum atomic E-state index is -0.0372. The Hall–Kier alpha value is -1.45. The van der Waals surface area contributed by atoms with E-state index in [2.05, 4.69) is 27.8 Å². The summed E-state index contributed by atoms with van der Waals surface area (Å²) in [4.78, 5) is 25.0. The van der Waals surface area contributed by atoms with Crippen molar-refractivity contribution in [2.45, 2.75) is 37.4 Å². The standard InChI is InChI=1S/C16H22N4O2S3/c1-3-4-8-18-15-19-20-16(25-15)23-10-13(22)14-6-5-12(24-14)7-9-17-11(2)21/h5-6H,3-4,7-10H2,1-2H3,(H,17,21)(H,18,19). The topological polar surface area (TPSA) is 84.0 Å². The van der Waals surface area contributed by atoms with Gasteiger partial charge in [-0.2, -0.15) is 0 Å². The van der Waals surface area contributed by atoms with Gasteiger partial charge in [0.15, 0.2) is 10.1 Å². The lowest BCUT2D eigenvalue weighted by molar-refractivity contribution is -0.118. The maximum atomic E-state index is 12.3. The molecule has 2 aromatic rings. The first-order chi connectivity index (χ1) is 12.1. The summed E-state index contributed by atoms with van der Waals surface area (Å²) in [5.74, 6) is 0.413. The number of unbranched alkanes of at least 4 members (excludes halogenated alkanes) is 1. The summed E-state index contributed by atoms with van der Waals surface area (Å²) in [5, 5.41) is 15.0. The number of nitrogens with one attached hydrogen (secondary N) is 2. The number of hydrogen-bond acceptors (Lipinski definition) is 8. The molecule has 6 nitrogen and oxygen atoms in total. The zero-order valence-electron chi connectivity index (χ0n) is 14.3. The summed E-state index contributed by atoms with van der Waals surface area (Å²) in [5.41, 5.74) is 0. The van der Waals surface area contributed by atoms with Crippen LogP contribution in [0.1, 0.15) is 41.2 Å². The van der Waals surface area contributed by atoms with Crippen LogP contribution < -0.4 is 10.6 Å². The molecule has 0 fully saturated rings. The predicted octanol–water partition coefficient (Wildman–Crippen LogP) is 3.47. The highest BCUT2D eigenvalue weighted by atomic mass is 32.2. The number of anilines is 1. The molecule has 1 amide bonds. The van der Waals surface area contributed by atoms with Crippen LogP contribution in [-0.4, -0.2) is 40.7 Å².